The van der Waals surface area contributed by atoms with Crippen molar-refractivity contribution in [2.75, 3.05) is 19.6 Å². The first kappa shape index (κ1) is 12.3. The maximum absolute atomic E-state index is 2.51. The van der Waals surface area contributed by atoms with Crippen molar-refractivity contribution in [3.8, 4) is 0 Å². The van der Waals surface area contributed by atoms with Gasteiger partial charge in [-0.05, 0) is 38.4 Å². The molecule has 1 aliphatic rings. The molecule has 84 valence electrons. The lowest BCUT2D eigenvalue weighted by molar-refractivity contribution is 0.184. The zero-order valence-corrected chi connectivity index (χ0v) is 10.3. The number of aryl methyl sites for hydroxylation is 1. The summed E-state index contributed by atoms with van der Waals surface area (Å²) in [7, 11) is 0. The summed E-state index contributed by atoms with van der Waals surface area (Å²) in [4.78, 5) is 2.51. The second-order valence-electron chi connectivity index (χ2n) is 3.93. The van der Waals surface area contributed by atoms with Crippen LogP contribution in [0.3, 0.4) is 0 Å². The first-order chi connectivity index (χ1) is 7.34. The van der Waals surface area contributed by atoms with Gasteiger partial charge in [-0.3, -0.25) is 0 Å². The minimum absolute atomic E-state index is 1.21. The Morgan fingerprint density at radius 3 is 2.13 bits per heavy atom. The smallest absolute Gasteiger partial charge is 0.00218 e. The fraction of sp³-hybridized carbons (Fsp3) is 0.571. The summed E-state index contributed by atoms with van der Waals surface area (Å²) in [6, 6.07) is 8.89. The van der Waals surface area contributed by atoms with Crippen LogP contribution >= 0.6 is 0 Å². The van der Waals surface area contributed by atoms with E-state index in [0.29, 0.717) is 0 Å². The van der Waals surface area contributed by atoms with Gasteiger partial charge in [0.1, 0.15) is 0 Å². The third-order valence-electron chi connectivity index (χ3n) is 2.79. The summed E-state index contributed by atoms with van der Waals surface area (Å²) in [6.07, 6.45) is 2.61. The van der Waals surface area contributed by atoms with Gasteiger partial charge in [0.25, 0.3) is 0 Å². The monoisotopic (exact) mass is 205 g/mol. The highest BCUT2D eigenvalue weighted by atomic mass is 15.2. The highest BCUT2D eigenvalue weighted by Gasteiger charge is 2.12. The Morgan fingerprint density at radius 2 is 1.67 bits per heavy atom. The molecule has 0 radical (unpaired) electrons. The largest absolute Gasteiger partial charge is 0.303 e. The van der Waals surface area contributed by atoms with E-state index in [2.05, 4.69) is 36.1 Å². The van der Waals surface area contributed by atoms with Crippen molar-refractivity contribution in [1.82, 2.24) is 4.90 Å². The van der Waals surface area contributed by atoms with Crippen LogP contribution in [0.4, 0.5) is 0 Å². The van der Waals surface area contributed by atoms with Gasteiger partial charge < -0.3 is 4.90 Å². The molecule has 1 nitrogen and oxygen atoms in total. The normalized spacial score (nSPS) is 15.1. The molecule has 1 aromatic rings. The molecule has 1 fully saturated rings. The Hall–Kier alpha value is -0.820. The number of hydrogen-bond acceptors (Lipinski definition) is 1. The van der Waals surface area contributed by atoms with Crippen molar-refractivity contribution < 1.29 is 0 Å². The summed E-state index contributed by atoms with van der Waals surface area (Å²) in [5.41, 5.74) is 2.82. The van der Waals surface area contributed by atoms with Crippen molar-refractivity contribution in [3.63, 3.8) is 0 Å². The summed E-state index contributed by atoms with van der Waals surface area (Å²) in [6.45, 7) is 10.00. The van der Waals surface area contributed by atoms with Crippen molar-refractivity contribution in [2.45, 2.75) is 33.6 Å². The van der Waals surface area contributed by atoms with Gasteiger partial charge in [0.2, 0.25) is 0 Å². The average Bonchev–Trinajstić information content (AvgIpc) is 2.22. The van der Waals surface area contributed by atoms with Gasteiger partial charge in [-0.15, -0.1) is 0 Å². The minimum Gasteiger partial charge on any atom is -0.303 e. The number of nitrogens with zero attached hydrogens (tertiary/aromatic N) is 1. The summed E-state index contributed by atoms with van der Waals surface area (Å²) in [5.74, 6) is 0. The van der Waals surface area contributed by atoms with E-state index in [1.54, 1.807) is 0 Å². The molecular formula is C14H23N. The SMILES string of the molecule is CC.Cc1ccc(CCN2CCC2)cc1. The topological polar surface area (TPSA) is 3.24 Å². The van der Waals surface area contributed by atoms with E-state index in [0.717, 1.165) is 0 Å². The predicted octanol–water partition coefficient (Wildman–Crippen LogP) is 3.27. The molecule has 0 saturated carbocycles. The lowest BCUT2D eigenvalue weighted by Gasteiger charge is -2.30. The van der Waals surface area contributed by atoms with Gasteiger partial charge in [0.05, 0.1) is 0 Å². The number of rotatable bonds is 3. The second-order valence-corrected chi connectivity index (χ2v) is 3.93. The maximum Gasteiger partial charge on any atom is 0.00218 e. The predicted molar refractivity (Wildman–Crippen MR) is 67.3 cm³/mol. The highest BCUT2D eigenvalue weighted by molar-refractivity contribution is 5.21. The van der Waals surface area contributed by atoms with Crippen LogP contribution in [0.15, 0.2) is 24.3 Å². The van der Waals surface area contributed by atoms with Crippen molar-refractivity contribution in [3.05, 3.63) is 35.4 Å². The molecule has 1 aromatic carbocycles. The van der Waals surface area contributed by atoms with E-state index in [1.165, 1.54) is 43.6 Å². The van der Waals surface area contributed by atoms with Crippen LogP contribution in [0.25, 0.3) is 0 Å². The molecule has 0 aromatic heterocycles. The molecular weight excluding hydrogens is 182 g/mol. The zero-order valence-electron chi connectivity index (χ0n) is 10.3. The van der Waals surface area contributed by atoms with E-state index in [4.69, 9.17) is 0 Å². The molecule has 0 unspecified atom stereocenters. The number of benzene rings is 1. The van der Waals surface area contributed by atoms with Crippen LogP contribution < -0.4 is 0 Å². The Bertz CT molecular complexity index is 259. The van der Waals surface area contributed by atoms with Crippen molar-refractivity contribution in [2.24, 2.45) is 0 Å². The molecule has 0 atom stereocenters. The Balaban J connectivity index is 0.000000531. The van der Waals surface area contributed by atoms with E-state index in [1.807, 2.05) is 13.8 Å². The fourth-order valence-electron chi connectivity index (χ4n) is 1.65. The van der Waals surface area contributed by atoms with Crippen LogP contribution in [0.5, 0.6) is 0 Å². The van der Waals surface area contributed by atoms with Gasteiger partial charge in [-0.2, -0.15) is 0 Å². The molecule has 0 aliphatic carbocycles. The molecule has 1 aliphatic heterocycles. The highest BCUT2D eigenvalue weighted by Crippen LogP contribution is 2.09. The molecule has 1 heterocycles. The molecule has 0 spiro atoms. The molecule has 0 amide bonds. The quantitative estimate of drug-likeness (QED) is 0.732. The Labute approximate surface area is 94.1 Å². The standard InChI is InChI=1S/C12H17N.C2H6/c1-11-3-5-12(6-4-11)7-10-13-8-2-9-13;1-2/h3-6H,2,7-10H2,1H3;1-2H3. The van der Waals surface area contributed by atoms with Crippen LogP contribution in [0.2, 0.25) is 0 Å². The van der Waals surface area contributed by atoms with E-state index in [9.17, 15) is 0 Å². The van der Waals surface area contributed by atoms with E-state index in [-0.39, 0.29) is 0 Å². The van der Waals surface area contributed by atoms with Crippen LogP contribution in [-0.2, 0) is 6.42 Å². The van der Waals surface area contributed by atoms with E-state index >= 15 is 0 Å². The summed E-state index contributed by atoms with van der Waals surface area (Å²) < 4.78 is 0. The number of likely N-dealkylation sites (tertiary alicyclic amines) is 1. The second kappa shape index (κ2) is 6.62. The van der Waals surface area contributed by atoms with Gasteiger partial charge in [-0.1, -0.05) is 43.7 Å². The molecule has 1 saturated heterocycles. The van der Waals surface area contributed by atoms with Crippen LogP contribution in [0, 0.1) is 6.92 Å². The fourth-order valence-corrected chi connectivity index (χ4v) is 1.65. The first-order valence-corrected chi connectivity index (χ1v) is 6.12. The third kappa shape index (κ3) is 4.05. The van der Waals surface area contributed by atoms with Gasteiger partial charge in [-0.25, -0.2) is 0 Å². The van der Waals surface area contributed by atoms with E-state index < -0.39 is 0 Å². The van der Waals surface area contributed by atoms with Crippen LogP contribution in [0.1, 0.15) is 31.4 Å². The van der Waals surface area contributed by atoms with Crippen molar-refractivity contribution in [1.29, 1.82) is 0 Å². The maximum atomic E-state index is 2.51. The molecule has 0 bridgehead atoms. The van der Waals surface area contributed by atoms with Gasteiger partial charge in [0, 0.05) is 6.54 Å². The lowest BCUT2D eigenvalue weighted by atomic mass is 10.1. The molecule has 1 heteroatoms. The first-order valence-electron chi connectivity index (χ1n) is 6.12. The summed E-state index contributed by atoms with van der Waals surface area (Å²) >= 11 is 0. The minimum atomic E-state index is 1.21. The lowest BCUT2D eigenvalue weighted by Crippen LogP contribution is -2.38. The molecule has 0 N–H and O–H groups in total. The van der Waals surface area contributed by atoms with Gasteiger partial charge in [0.15, 0.2) is 0 Å². The van der Waals surface area contributed by atoms with Crippen molar-refractivity contribution >= 4 is 0 Å². The zero-order chi connectivity index (χ0) is 11.1. The Kier molecular flexibility index (Phi) is 5.41. The Morgan fingerprint density at radius 1 is 1.07 bits per heavy atom. The summed E-state index contributed by atoms with van der Waals surface area (Å²) in [5, 5.41) is 0. The molecule has 15 heavy (non-hydrogen) atoms. The average molecular weight is 205 g/mol. The van der Waals surface area contributed by atoms with Gasteiger partial charge >= 0.3 is 0 Å². The van der Waals surface area contributed by atoms with Crippen LogP contribution in [-0.4, -0.2) is 24.5 Å². The number of hydrogen-bond donors (Lipinski definition) is 0. The third-order valence-corrected chi connectivity index (χ3v) is 2.79. The molecule has 2 rings (SSSR count).